The lowest BCUT2D eigenvalue weighted by Gasteiger charge is -2.37. The van der Waals surface area contributed by atoms with Crippen LogP contribution in [0.1, 0.15) is 38.1 Å². The number of amides is 2. The number of hydrogen-bond acceptors (Lipinski definition) is 3. The zero-order valence-electron chi connectivity index (χ0n) is 13.0. The molecule has 0 heterocycles. The van der Waals surface area contributed by atoms with E-state index in [9.17, 15) is 9.59 Å². The van der Waals surface area contributed by atoms with E-state index in [1.165, 1.54) is 7.05 Å². The number of nitrogens with one attached hydrogen (secondary N) is 2. The summed E-state index contributed by atoms with van der Waals surface area (Å²) in [4.78, 5) is 24.1. The number of hydrogen-bond donors (Lipinski definition) is 3. The van der Waals surface area contributed by atoms with Crippen LogP contribution in [0.2, 0.25) is 5.02 Å². The second kappa shape index (κ2) is 6.03. The van der Waals surface area contributed by atoms with Gasteiger partial charge in [-0.25, -0.2) is 0 Å². The maximum Gasteiger partial charge on any atom is 0.251 e. The third-order valence-corrected chi connectivity index (χ3v) is 4.21. The van der Waals surface area contributed by atoms with E-state index >= 15 is 0 Å². The highest BCUT2D eigenvalue weighted by atomic mass is 35.5. The highest BCUT2D eigenvalue weighted by Gasteiger charge is 2.40. The van der Waals surface area contributed by atoms with Crippen LogP contribution in [0.25, 0.3) is 0 Å². The smallest absolute Gasteiger partial charge is 0.251 e. The minimum Gasteiger partial charge on any atom is -0.355 e. The largest absolute Gasteiger partial charge is 0.355 e. The van der Waals surface area contributed by atoms with E-state index in [1.807, 2.05) is 0 Å². The summed E-state index contributed by atoms with van der Waals surface area (Å²) in [5, 5.41) is 5.63. The first kappa shape index (κ1) is 17.5. The van der Waals surface area contributed by atoms with Gasteiger partial charge in [0.05, 0.1) is 16.1 Å². The SMILES string of the molecule is CNC(=O)c1ccc(Cl)c(NC(=O)C(C)(C)C(C)(C)N)c1. The van der Waals surface area contributed by atoms with Crippen molar-refractivity contribution >= 4 is 29.1 Å². The molecule has 5 nitrogen and oxygen atoms in total. The highest BCUT2D eigenvalue weighted by Crippen LogP contribution is 2.31. The molecule has 0 bridgehead atoms. The van der Waals surface area contributed by atoms with Gasteiger partial charge in [0.2, 0.25) is 5.91 Å². The van der Waals surface area contributed by atoms with Crippen molar-refractivity contribution in [2.75, 3.05) is 12.4 Å². The van der Waals surface area contributed by atoms with Crippen LogP contribution in [0, 0.1) is 5.41 Å². The first-order valence-electron chi connectivity index (χ1n) is 6.62. The molecular weight excluding hydrogens is 290 g/mol. The van der Waals surface area contributed by atoms with Crippen LogP contribution >= 0.6 is 11.6 Å². The monoisotopic (exact) mass is 311 g/mol. The van der Waals surface area contributed by atoms with Gasteiger partial charge in [-0.15, -0.1) is 0 Å². The van der Waals surface area contributed by atoms with E-state index in [-0.39, 0.29) is 11.8 Å². The molecule has 4 N–H and O–H groups in total. The molecule has 0 radical (unpaired) electrons. The minimum absolute atomic E-state index is 0.249. The van der Waals surface area contributed by atoms with Crippen LogP contribution in [0.15, 0.2) is 18.2 Å². The Morgan fingerprint density at radius 2 is 1.76 bits per heavy atom. The molecule has 0 spiro atoms. The molecular formula is C15H22ClN3O2. The summed E-state index contributed by atoms with van der Waals surface area (Å²) in [7, 11) is 1.54. The van der Waals surface area contributed by atoms with Crippen molar-refractivity contribution in [1.29, 1.82) is 0 Å². The molecule has 1 aromatic carbocycles. The fraction of sp³-hybridized carbons (Fsp3) is 0.467. The summed E-state index contributed by atoms with van der Waals surface area (Å²) in [6.07, 6.45) is 0. The lowest BCUT2D eigenvalue weighted by Crippen LogP contribution is -2.53. The number of anilines is 1. The molecule has 2 amide bonds. The minimum atomic E-state index is -0.806. The van der Waals surface area contributed by atoms with Crippen molar-refractivity contribution in [3.8, 4) is 0 Å². The van der Waals surface area contributed by atoms with Gasteiger partial charge < -0.3 is 16.4 Å². The predicted molar refractivity (Wildman–Crippen MR) is 85.5 cm³/mol. The summed E-state index contributed by atoms with van der Waals surface area (Å²) in [6.45, 7) is 7.10. The quantitative estimate of drug-likeness (QED) is 0.798. The van der Waals surface area contributed by atoms with E-state index < -0.39 is 11.0 Å². The number of halogens is 1. The summed E-state index contributed by atoms with van der Waals surface area (Å²) in [5.74, 6) is -0.508. The summed E-state index contributed by atoms with van der Waals surface area (Å²) in [6, 6.07) is 4.70. The number of carbonyl (C=O) groups is 2. The first-order valence-corrected chi connectivity index (χ1v) is 7.00. The van der Waals surface area contributed by atoms with Crippen LogP contribution in [0.5, 0.6) is 0 Å². The number of benzene rings is 1. The summed E-state index contributed by atoms with van der Waals surface area (Å²) in [5.41, 5.74) is 5.34. The Balaban J connectivity index is 3.08. The average Bonchev–Trinajstić information content (AvgIpc) is 2.38. The van der Waals surface area contributed by atoms with Crippen molar-refractivity contribution in [2.45, 2.75) is 33.2 Å². The van der Waals surface area contributed by atoms with Crippen molar-refractivity contribution in [3.63, 3.8) is 0 Å². The fourth-order valence-electron chi connectivity index (χ4n) is 1.48. The molecule has 1 aromatic rings. The van der Waals surface area contributed by atoms with Crippen molar-refractivity contribution in [2.24, 2.45) is 11.1 Å². The van der Waals surface area contributed by atoms with Crippen molar-refractivity contribution < 1.29 is 9.59 Å². The third-order valence-electron chi connectivity index (χ3n) is 3.88. The predicted octanol–water partition coefficient (Wildman–Crippen LogP) is 2.40. The van der Waals surface area contributed by atoms with E-state index in [0.717, 1.165) is 0 Å². The van der Waals surface area contributed by atoms with Gasteiger partial charge in [0.1, 0.15) is 0 Å². The van der Waals surface area contributed by atoms with E-state index in [0.29, 0.717) is 16.3 Å². The topological polar surface area (TPSA) is 84.2 Å². The lowest BCUT2D eigenvalue weighted by molar-refractivity contribution is -0.126. The molecule has 0 atom stereocenters. The maximum absolute atomic E-state index is 12.4. The van der Waals surface area contributed by atoms with E-state index in [2.05, 4.69) is 10.6 Å². The van der Waals surface area contributed by atoms with Gasteiger partial charge in [-0.3, -0.25) is 9.59 Å². The van der Waals surface area contributed by atoms with Crippen LogP contribution in [-0.4, -0.2) is 24.4 Å². The zero-order chi connectivity index (χ0) is 16.4. The molecule has 0 saturated heterocycles. The standard InChI is InChI=1S/C15H22ClN3O2/c1-14(2,15(3,4)17)13(21)19-11-8-9(12(20)18-5)6-7-10(11)16/h6-8H,17H2,1-5H3,(H,18,20)(H,19,21). The molecule has 0 saturated carbocycles. The normalized spacial score (nSPS) is 12.0. The van der Waals surface area contributed by atoms with Gasteiger partial charge >= 0.3 is 0 Å². The van der Waals surface area contributed by atoms with Gasteiger partial charge in [0.15, 0.2) is 0 Å². The second-order valence-corrected chi connectivity index (χ2v) is 6.48. The van der Waals surface area contributed by atoms with Gasteiger partial charge in [-0.05, 0) is 45.9 Å². The number of rotatable bonds is 4. The number of carbonyl (C=O) groups excluding carboxylic acids is 2. The number of nitrogens with two attached hydrogens (primary N) is 1. The molecule has 0 aromatic heterocycles. The molecule has 1 rings (SSSR count). The molecule has 0 aliphatic carbocycles. The Morgan fingerprint density at radius 3 is 2.24 bits per heavy atom. The molecule has 0 aliphatic rings. The molecule has 116 valence electrons. The van der Waals surface area contributed by atoms with Crippen molar-refractivity contribution in [3.05, 3.63) is 28.8 Å². The molecule has 0 fully saturated rings. The Labute approximate surface area is 130 Å². The molecule has 6 heteroatoms. The Morgan fingerprint density at radius 1 is 1.19 bits per heavy atom. The Bertz CT molecular complexity index is 563. The maximum atomic E-state index is 12.4. The Kier molecular flexibility index (Phi) is 5.02. The van der Waals surface area contributed by atoms with Gasteiger partial charge in [0.25, 0.3) is 5.91 Å². The second-order valence-electron chi connectivity index (χ2n) is 6.07. The summed E-state index contributed by atoms with van der Waals surface area (Å²) < 4.78 is 0. The average molecular weight is 312 g/mol. The third kappa shape index (κ3) is 3.74. The van der Waals surface area contributed by atoms with Gasteiger partial charge in [-0.2, -0.15) is 0 Å². The molecule has 0 aliphatic heterocycles. The van der Waals surface area contributed by atoms with E-state index in [1.54, 1.807) is 45.9 Å². The Hall–Kier alpha value is -1.59. The highest BCUT2D eigenvalue weighted by molar-refractivity contribution is 6.34. The summed E-state index contributed by atoms with van der Waals surface area (Å²) >= 11 is 6.07. The van der Waals surface area contributed by atoms with Gasteiger partial charge in [-0.1, -0.05) is 11.6 Å². The fourth-order valence-corrected chi connectivity index (χ4v) is 1.64. The van der Waals surface area contributed by atoms with Crippen LogP contribution in [0.3, 0.4) is 0 Å². The molecule has 21 heavy (non-hydrogen) atoms. The van der Waals surface area contributed by atoms with Crippen molar-refractivity contribution in [1.82, 2.24) is 5.32 Å². The lowest BCUT2D eigenvalue weighted by atomic mass is 9.74. The van der Waals surface area contributed by atoms with Crippen LogP contribution in [0.4, 0.5) is 5.69 Å². The molecule has 0 unspecified atom stereocenters. The van der Waals surface area contributed by atoms with Crippen LogP contribution in [-0.2, 0) is 4.79 Å². The van der Waals surface area contributed by atoms with Crippen LogP contribution < -0.4 is 16.4 Å². The zero-order valence-corrected chi connectivity index (χ0v) is 13.8. The first-order chi connectivity index (χ1) is 9.50. The van der Waals surface area contributed by atoms with Gasteiger partial charge in [0, 0.05) is 18.2 Å². The van der Waals surface area contributed by atoms with E-state index in [4.69, 9.17) is 17.3 Å².